The molecule has 30 atom stereocenters. The summed E-state index contributed by atoms with van der Waals surface area (Å²) in [5.74, 6) is -6.38. The number of hydrogen-bond donors (Lipinski definition) is 7. The number of carbonyl (C=O) groups excluding carboxylic acids is 5. The van der Waals surface area contributed by atoms with Crippen molar-refractivity contribution in [3.05, 3.63) is 63.6 Å². The van der Waals surface area contributed by atoms with Crippen molar-refractivity contribution >= 4 is 30.1 Å². The molecule has 7 N–H and O–H groups in total. The predicted molar refractivity (Wildman–Crippen MR) is 324 cm³/mol. The number of amides is 1. The molecule has 10 rings (SSSR count). The number of fused-ring (bicyclic) bond motifs is 4. The Hall–Kier alpha value is -4.59. The Morgan fingerprint density at radius 2 is 1.35 bits per heavy atom. The number of aliphatic hydroxyl groups is 4. The molecule has 1 amide bonds. The maximum Gasteiger partial charge on any atom is 0.407 e. The van der Waals surface area contributed by atoms with E-state index < -0.39 is 210 Å². The number of ketones is 1. The number of nitrogens with one attached hydrogen (secondary N) is 2. The number of carbonyl (C=O) groups is 5. The molecule has 6 saturated heterocycles. The van der Waals surface area contributed by atoms with Crippen LogP contribution in [0.4, 0.5) is 4.79 Å². The van der Waals surface area contributed by atoms with Gasteiger partial charge in [-0.05, 0) is 116 Å². The zero-order valence-corrected chi connectivity index (χ0v) is 55.5. The third-order valence-electron chi connectivity index (χ3n) is 21.8. The highest BCUT2D eigenvalue weighted by Crippen LogP contribution is 2.61. The summed E-state index contributed by atoms with van der Waals surface area (Å²) in [5, 5.41) is 71.7. The zero-order chi connectivity index (χ0) is 67.5. The van der Waals surface area contributed by atoms with Gasteiger partial charge in [0.05, 0.1) is 86.6 Å². The minimum Gasteiger partial charge on any atom is -0.600 e. The zero-order valence-electron chi connectivity index (χ0n) is 55.5. The van der Waals surface area contributed by atoms with Gasteiger partial charge in [-0.2, -0.15) is 0 Å². The second kappa shape index (κ2) is 28.5. The Morgan fingerprint density at radius 1 is 0.720 bits per heavy atom. The van der Waals surface area contributed by atoms with Crippen molar-refractivity contribution in [2.45, 2.75) is 281 Å². The summed E-state index contributed by atoms with van der Waals surface area (Å²) in [7, 11) is 1.17. The number of hydrogen-bond acceptors (Lipinski definition) is 24. The average Bonchev–Trinajstić information content (AvgIpc) is 1.68. The van der Waals surface area contributed by atoms with E-state index in [1.165, 1.54) is 27.0 Å². The molecule has 520 valence electrons. The number of quaternary nitrogens is 1. The highest BCUT2D eigenvalue weighted by Gasteiger charge is 2.65. The smallest absolute Gasteiger partial charge is 0.407 e. The molecule has 2 bridgehead atoms. The molecular formula is C67H98N2O24. The molecule has 7 fully saturated rings. The quantitative estimate of drug-likeness (QED) is 0.0305. The minimum absolute atomic E-state index is 0.00628. The highest BCUT2D eigenvalue weighted by molar-refractivity contribution is 6.26. The lowest BCUT2D eigenvalue weighted by atomic mass is 9.49. The van der Waals surface area contributed by atoms with Gasteiger partial charge in [-0.25, -0.2) is 20.0 Å². The van der Waals surface area contributed by atoms with Crippen LogP contribution >= 0.6 is 0 Å². The Morgan fingerprint density at radius 3 is 2.01 bits per heavy atom. The normalized spacial score (nSPS) is 46.7. The largest absolute Gasteiger partial charge is 0.600 e. The molecule has 6 heterocycles. The van der Waals surface area contributed by atoms with Crippen LogP contribution < -0.4 is 10.5 Å². The molecule has 0 aromatic carbocycles. The van der Waals surface area contributed by atoms with Gasteiger partial charge in [-0.15, -0.1) is 0 Å². The number of rotatable bonds is 14. The molecule has 1 saturated carbocycles. The van der Waals surface area contributed by atoms with Crippen LogP contribution in [0.2, 0.25) is 0 Å². The maximum absolute atomic E-state index is 15.6. The summed E-state index contributed by atoms with van der Waals surface area (Å²) >= 11 is 0. The van der Waals surface area contributed by atoms with Crippen molar-refractivity contribution in [1.29, 1.82) is 0 Å². The van der Waals surface area contributed by atoms with Gasteiger partial charge < -0.3 is 92.5 Å². The molecule has 0 aromatic rings. The van der Waals surface area contributed by atoms with Crippen LogP contribution in [0.3, 0.4) is 0 Å². The molecule has 30 unspecified atom stereocenters. The molecule has 93 heavy (non-hydrogen) atoms. The van der Waals surface area contributed by atoms with Gasteiger partial charge >= 0.3 is 18.0 Å². The molecule has 26 nitrogen and oxygen atoms in total. The Balaban J connectivity index is 0.903. The highest BCUT2D eigenvalue weighted by atomic mass is 16.8. The monoisotopic (exact) mass is 1310 g/mol. The summed E-state index contributed by atoms with van der Waals surface area (Å²) in [6, 6.07) is -1.02. The number of Topliss-reactive ketones (excluding diaryl/α,β-unsaturated/α-hetero) is 1. The number of methoxy groups -OCH3 is 1. The first kappa shape index (κ1) is 71.2. The van der Waals surface area contributed by atoms with Crippen LogP contribution in [0, 0.1) is 46.1 Å². The average molecular weight is 1320 g/mol. The van der Waals surface area contributed by atoms with Gasteiger partial charge in [0.15, 0.2) is 48.7 Å². The fourth-order valence-corrected chi connectivity index (χ4v) is 17.0. The van der Waals surface area contributed by atoms with Crippen molar-refractivity contribution in [3.8, 4) is 0 Å². The topological polar surface area (TPSA) is 346 Å². The molecule has 6 aliphatic heterocycles. The first-order chi connectivity index (χ1) is 43.9. The SMILES string of the molecule is COC(=O)NC1C(C)OC(OC2CC=C(C)C3C=CC4C(OC5CC(OC6CCC(OC7CC(O)C(OC8CCC(O)C(C)O8)C(C)O7)C(C)O6)C(OC(C)=O)C(C)O5)C(C)CC(C)C4C3(C)C(O)=C3C(=O)OC4(CC(C=O)=CC(O)C4C=C2C)C3=O)CC1(C)[NH+]([O-])O. The van der Waals surface area contributed by atoms with Crippen LogP contribution in [0.5, 0.6) is 0 Å². The van der Waals surface area contributed by atoms with E-state index in [9.17, 15) is 50.0 Å². The second-order valence-corrected chi connectivity index (χ2v) is 28.3. The van der Waals surface area contributed by atoms with E-state index in [2.05, 4.69) is 25.2 Å². The van der Waals surface area contributed by atoms with E-state index >= 15 is 4.79 Å². The maximum atomic E-state index is 15.6. The van der Waals surface area contributed by atoms with Crippen LogP contribution in [0.1, 0.15) is 147 Å². The predicted octanol–water partition coefficient (Wildman–Crippen LogP) is 4.86. The van der Waals surface area contributed by atoms with E-state index in [1.54, 1.807) is 33.8 Å². The molecular weight excluding hydrogens is 1220 g/mol. The summed E-state index contributed by atoms with van der Waals surface area (Å²) in [6.07, 6.45) is -3.74. The lowest BCUT2D eigenvalue weighted by Crippen LogP contribution is -3.17. The third-order valence-corrected chi connectivity index (χ3v) is 21.8. The number of aliphatic hydroxyl groups excluding tert-OH is 4. The van der Waals surface area contributed by atoms with E-state index in [4.69, 9.17) is 61.6 Å². The Bertz CT molecular complexity index is 2900. The van der Waals surface area contributed by atoms with Crippen molar-refractivity contribution in [2.75, 3.05) is 7.11 Å². The number of ether oxygens (including phenoxy) is 13. The number of allylic oxidation sites excluding steroid dienone is 3. The van der Waals surface area contributed by atoms with E-state index in [0.29, 0.717) is 44.0 Å². The van der Waals surface area contributed by atoms with Crippen LogP contribution in [0.25, 0.3) is 0 Å². The van der Waals surface area contributed by atoms with Gasteiger partial charge in [0.1, 0.15) is 35.9 Å². The van der Waals surface area contributed by atoms with Gasteiger partial charge in [0.2, 0.25) is 5.78 Å². The molecule has 26 heteroatoms. The van der Waals surface area contributed by atoms with Crippen LogP contribution in [-0.2, 0) is 80.8 Å². The molecule has 10 aliphatic rings. The van der Waals surface area contributed by atoms with E-state index in [0.717, 1.165) is 5.57 Å². The summed E-state index contributed by atoms with van der Waals surface area (Å²) in [4.78, 5) is 68.1. The molecule has 1 spiro atoms. The molecule has 0 aromatic heterocycles. The number of hydroxylamine groups is 2. The second-order valence-electron chi connectivity index (χ2n) is 28.3. The van der Waals surface area contributed by atoms with Crippen molar-refractivity contribution < 1.29 is 116 Å². The van der Waals surface area contributed by atoms with Crippen molar-refractivity contribution in [1.82, 2.24) is 5.32 Å². The van der Waals surface area contributed by atoms with Crippen LogP contribution in [-0.4, -0.2) is 197 Å². The van der Waals surface area contributed by atoms with Gasteiger partial charge in [0.25, 0.3) is 0 Å². The third kappa shape index (κ3) is 14.1. The Kier molecular flexibility index (Phi) is 21.8. The summed E-state index contributed by atoms with van der Waals surface area (Å²) < 4.78 is 81.7. The van der Waals surface area contributed by atoms with Crippen molar-refractivity contribution in [3.63, 3.8) is 0 Å². The van der Waals surface area contributed by atoms with Crippen LogP contribution in [0.15, 0.2) is 58.4 Å². The first-order valence-corrected chi connectivity index (χ1v) is 33.2. The summed E-state index contributed by atoms with van der Waals surface area (Å²) in [6.45, 7) is 21.2. The van der Waals surface area contributed by atoms with E-state index in [1.807, 2.05) is 39.8 Å². The molecule has 4 aliphatic carbocycles. The molecule has 0 radical (unpaired) electrons. The van der Waals surface area contributed by atoms with Gasteiger partial charge in [-0.1, -0.05) is 50.6 Å². The van der Waals surface area contributed by atoms with Gasteiger partial charge in [-0.3, -0.25) is 14.4 Å². The minimum atomic E-state index is -2.19. The lowest BCUT2D eigenvalue weighted by molar-refractivity contribution is -1.09. The number of aldehydes is 1. The first-order valence-electron chi connectivity index (χ1n) is 33.2. The van der Waals surface area contributed by atoms with Crippen molar-refractivity contribution in [2.24, 2.45) is 40.9 Å². The lowest BCUT2D eigenvalue weighted by Gasteiger charge is -2.56. The number of alkyl carbamates (subject to hydrolysis) is 1. The Labute approximate surface area is 543 Å². The van der Waals surface area contributed by atoms with Gasteiger partial charge in [0, 0.05) is 56.3 Å². The standard InChI is InChI=1S/C67H98N2O24/c1-30-14-18-47(88-54-28-65(11,69(79)80)60(38(9)86-54)68-64(78)81-13)31(2)23-43-45(73)24-40(29-70)27-67(43)62(76)55(63(77)93-67)61(75)66(12)42(30)16-15-41-56(66)32(3)22-33(4)57(41)92-53-26-49(59(37(8)85-53)87-39(10)71)90-50-21-19-48(35(6)83-50)89-52-25-46(74)58(36(7)84-52)91-51-20-17-44(72)34(5)82-51/h14-16,23-24,29,32-38,41-54,56-60,69,72-75,79H,17-22,25-28H2,1-13H3,(H,68,78). The fraction of sp³-hybridized carbons (Fsp3) is 0.776. The summed E-state index contributed by atoms with van der Waals surface area (Å²) in [5.41, 5.74) is -4.64. The van der Waals surface area contributed by atoms with E-state index in [-0.39, 0.29) is 43.1 Å². The fourth-order valence-electron chi connectivity index (χ4n) is 17.0. The number of esters is 2.